The second kappa shape index (κ2) is 3.76. The van der Waals surface area contributed by atoms with Crippen LogP contribution in [0.15, 0.2) is 4.99 Å². The standard InChI is InChI=1S/C6H11NO3S2/c1-2-5(12(8,9)10)6-7-3-4-11-6/h5H,2-4H2,1H3,(H,8,9,10). The van der Waals surface area contributed by atoms with Gasteiger partial charge >= 0.3 is 0 Å². The molecule has 4 nitrogen and oxygen atoms in total. The van der Waals surface area contributed by atoms with Crippen LogP contribution in [-0.4, -0.2) is 35.6 Å². The summed E-state index contributed by atoms with van der Waals surface area (Å²) < 4.78 is 30.4. The maximum absolute atomic E-state index is 10.8. The average Bonchev–Trinajstić information content (AvgIpc) is 2.38. The summed E-state index contributed by atoms with van der Waals surface area (Å²) in [5.74, 6) is 0.821. The third-order valence-corrected chi connectivity index (χ3v) is 4.14. The molecule has 0 fully saturated rings. The Morgan fingerprint density at radius 2 is 2.42 bits per heavy atom. The number of thioether (sulfide) groups is 1. The molecule has 70 valence electrons. The molecule has 0 radical (unpaired) electrons. The molecular formula is C6H11NO3S2. The van der Waals surface area contributed by atoms with Gasteiger partial charge in [0.15, 0.2) is 0 Å². The summed E-state index contributed by atoms with van der Waals surface area (Å²) in [6, 6.07) is 0. The highest BCUT2D eigenvalue weighted by atomic mass is 32.2. The van der Waals surface area contributed by atoms with E-state index < -0.39 is 15.4 Å². The zero-order valence-electron chi connectivity index (χ0n) is 6.73. The van der Waals surface area contributed by atoms with Gasteiger partial charge in [0.05, 0.1) is 5.04 Å². The third-order valence-electron chi connectivity index (χ3n) is 1.61. The molecule has 0 aromatic carbocycles. The van der Waals surface area contributed by atoms with Crippen LogP contribution in [0.5, 0.6) is 0 Å². The van der Waals surface area contributed by atoms with Crippen LogP contribution in [0.2, 0.25) is 0 Å². The Labute approximate surface area is 76.2 Å². The molecule has 12 heavy (non-hydrogen) atoms. The van der Waals surface area contributed by atoms with E-state index in [4.69, 9.17) is 4.55 Å². The zero-order chi connectivity index (χ0) is 9.19. The van der Waals surface area contributed by atoms with E-state index in [0.717, 1.165) is 5.75 Å². The summed E-state index contributed by atoms with van der Waals surface area (Å²) in [5.41, 5.74) is 0. The first-order chi connectivity index (χ1) is 5.55. The number of aliphatic imine (C=N–C) groups is 1. The molecule has 0 aromatic rings. The van der Waals surface area contributed by atoms with Crippen molar-refractivity contribution in [2.75, 3.05) is 12.3 Å². The monoisotopic (exact) mass is 209 g/mol. The van der Waals surface area contributed by atoms with Crippen LogP contribution >= 0.6 is 11.8 Å². The van der Waals surface area contributed by atoms with Crippen molar-refractivity contribution in [3.05, 3.63) is 0 Å². The summed E-state index contributed by atoms with van der Waals surface area (Å²) in [6.45, 7) is 2.38. The molecule has 1 aliphatic rings. The fourth-order valence-electron chi connectivity index (χ4n) is 1.06. The minimum atomic E-state index is -3.95. The molecule has 0 saturated heterocycles. The first-order valence-electron chi connectivity index (χ1n) is 3.69. The fraction of sp³-hybridized carbons (Fsp3) is 0.833. The summed E-state index contributed by atoms with van der Waals surface area (Å²) in [6.07, 6.45) is 0.380. The van der Waals surface area contributed by atoms with Crippen molar-refractivity contribution >= 4 is 26.9 Å². The van der Waals surface area contributed by atoms with Gasteiger partial charge in [-0.2, -0.15) is 8.42 Å². The zero-order valence-corrected chi connectivity index (χ0v) is 8.36. The van der Waals surface area contributed by atoms with Crippen molar-refractivity contribution in [2.45, 2.75) is 18.6 Å². The smallest absolute Gasteiger partial charge is 0.274 e. The van der Waals surface area contributed by atoms with Gasteiger partial charge in [0.25, 0.3) is 10.1 Å². The van der Waals surface area contributed by atoms with Gasteiger partial charge in [-0.1, -0.05) is 6.92 Å². The van der Waals surface area contributed by atoms with E-state index >= 15 is 0 Å². The molecule has 0 bridgehead atoms. The van der Waals surface area contributed by atoms with Crippen molar-refractivity contribution in [3.63, 3.8) is 0 Å². The molecule has 1 N–H and O–H groups in total. The van der Waals surface area contributed by atoms with Gasteiger partial charge < -0.3 is 0 Å². The number of rotatable bonds is 3. The maximum atomic E-state index is 10.8. The lowest BCUT2D eigenvalue weighted by molar-refractivity contribution is 0.476. The quantitative estimate of drug-likeness (QED) is 0.698. The van der Waals surface area contributed by atoms with E-state index in [1.54, 1.807) is 6.92 Å². The van der Waals surface area contributed by atoms with Crippen LogP contribution in [0, 0.1) is 0 Å². The van der Waals surface area contributed by atoms with E-state index in [2.05, 4.69) is 4.99 Å². The van der Waals surface area contributed by atoms with Crippen LogP contribution in [0.4, 0.5) is 0 Å². The molecule has 6 heteroatoms. The van der Waals surface area contributed by atoms with Crippen molar-refractivity contribution in [1.82, 2.24) is 0 Å². The molecule has 1 rings (SSSR count). The molecule has 1 heterocycles. The topological polar surface area (TPSA) is 66.7 Å². The second-order valence-corrected chi connectivity index (χ2v) is 5.19. The first kappa shape index (κ1) is 10.0. The van der Waals surface area contributed by atoms with Gasteiger partial charge in [-0.15, -0.1) is 11.8 Å². The minimum Gasteiger partial charge on any atom is -0.285 e. The minimum absolute atomic E-state index is 0.380. The van der Waals surface area contributed by atoms with E-state index in [0.29, 0.717) is 18.0 Å². The van der Waals surface area contributed by atoms with Crippen LogP contribution in [-0.2, 0) is 10.1 Å². The molecule has 1 aliphatic heterocycles. The number of nitrogens with zero attached hydrogens (tertiary/aromatic N) is 1. The van der Waals surface area contributed by atoms with E-state index in [1.165, 1.54) is 11.8 Å². The largest absolute Gasteiger partial charge is 0.285 e. The van der Waals surface area contributed by atoms with E-state index in [-0.39, 0.29) is 0 Å². The predicted octanol–water partition coefficient (Wildman–Crippen LogP) is 0.798. The molecule has 0 saturated carbocycles. The fourth-order valence-corrected chi connectivity index (χ4v) is 3.31. The van der Waals surface area contributed by atoms with E-state index in [1.807, 2.05) is 0 Å². The van der Waals surface area contributed by atoms with Gasteiger partial charge in [-0.25, -0.2) is 0 Å². The molecule has 0 aliphatic carbocycles. The van der Waals surface area contributed by atoms with Crippen LogP contribution in [0.1, 0.15) is 13.3 Å². The Morgan fingerprint density at radius 1 is 1.75 bits per heavy atom. The van der Waals surface area contributed by atoms with E-state index in [9.17, 15) is 8.42 Å². The van der Waals surface area contributed by atoms with Gasteiger partial charge in [-0.05, 0) is 6.42 Å². The van der Waals surface area contributed by atoms with Crippen LogP contribution in [0.3, 0.4) is 0 Å². The lowest BCUT2D eigenvalue weighted by Gasteiger charge is -2.09. The molecular weight excluding hydrogens is 198 g/mol. The highest BCUT2D eigenvalue weighted by Crippen LogP contribution is 2.20. The lowest BCUT2D eigenvalue weighted by atomic mass is 10.3. The summed E-state index contributed by atoms with van der Waals surface area (Å²) in [5, 5.41) is -0.245. The Balaban J connectivity index is 2.82. The first-order valence-corrected chi connectivity index (χ1v) is 6.18. The van der Waals surface area contributed by atoms with Gasteiger partial charge in [0.2, 0.25) is 0 Å². The number of hydrogen-bond donors (Lipinski definition) is 1. The Kier molecular flexibility index (Phi) is 3.14. The van der Waals surface area contributed by atoms with Gasteiger partial charge in [-0.3, -0.25) is 9.55 Å². The predicted molar refractivity (Wildman–Crippen MR) is 50.4 cm³/mol. The lowest BCUT2D eigenvalue weighted by Crippen LogP contribution is -2.26. The molecule has 1 atom stereocenters. The van der Waals surface area contributed by atoms with Crippen LogP contribution in [0.25, 0.3) is 0 Å². The van der Waals surface area contributed by atoms with Crippen molar-refractivity contribution in [1.29, 1.82) is 0 Å². The highest BCUT2D eigenvalue weighted by Gasteiger charge is 2.28. The van der Waals surface area contributed by atoms with Gasteiger partial charge in [0.1, 0.15) is 5.25 Å². The van der Waals surface area contributed by atoms with Crippen LogP contribution < -0.4 is 0 Å². The van der Waals surface area contributed by atoms with Gasteiger partial charge in [0, 0.05) is 12.3 Å². The Bertz CT molecular complexity index is 283. The number of hydrogen-bond acceptors (Lipinski definition) is 4. The van der Waals surface area contributed by atoms with Crippen molar-refractivity contribution in [2.24, 2.45) is 4.99 Å². The second-order valence-electron chi connectivity index (χ2n) is 2.48. The average molecular weight is 209 g/mol. The summed E-state index contributed by atoms with van der Waals surface area (Å²) in [4.78, 5) is 4.01. The molecule has 0 aromatic heterocycles. The maximum Gasteiger partial charge on any atom is 0.274 e. The summed E-state index contributed by atoms with van der Waals surface area (Å²) in [7, 11) is -3.95. The summed E-state index contributed by atoms with van der Waals surface area (Å²) >= 11 is 1.41. The Morgan fingerprint density at radius 3 is 2.75 bits per heavy atom. The van der Waals surface area contributed by atoms with Crippen molar-refractivity contribution in [3.8, 4) is 0 Å². The highest BCUT2D eigenvalue weighted by molar-refractivity contribution is 8.15. The molecule has 0 spiro atoms. The third kappa shape index (κ3) is 2.21. The molecule has 0 amide bonds. The SMILES string of the molecule is CCC(C1=NCCS1)S(=O)(=O)O. The normalized spacial score (nSPS) is 20.7. The molecule has 1 unspecified atom stereocenters. The van der Waals surface area contributed by atoms with Crippen molar-refractivity contribution < 1.29 is 13.0 Å². The Hall–Kier alpha value is -0.0700.